The number of rotatable bonds is 4. The van der Waals surface area contributed by atoms with Crippen LogP contribution in [0.15, 0.2) is 18.2 Å². The summed E-state index contributed by atoms with van der Waals surface area (Å²) in [6, 6.07) is 4.73. The Kier molecular flexibility index (Phi) is 5.16. The summed E-state index contributed by atoms with van der Waals surface area (Å²) >= 11 is 0. The van der Waals surface area contributed by atoms with E-state index in [4.69, 9.17) is 10.5 Å². The second-order valence-corrected chi connectivity index (χ2v) is 7.15. The van der Waals surface area contributed by atoms with Crippen LogP contribution in [0, 0.1) is 18.2 Å². The first-order valence-electron chi connectivity index (χ1n) is 7.22. The van der Waals surface area contributed by atoms with Gasteiger partial charge < -0.3 is 10.5 Å². The number of ether oxygens (including phenoxy) is 1. The van der Waals surface area contributed by atoms with Crippen molar-refractivity contribution in [3.63, 3.8) is 0 Å². The van der Waals surface area contributed by atoms with Gasteiger partial charge in [0.1, 0.15) is 11.4 Å². The van der Waals surface area contributed by atoms with Crippen molar-refractivity contribution in [2.45, 2.75) is 59.6 Å². The number of carbonyl (C=O) groups excluding carboxylic acids is 1. The van der Waals surface area contributed by atoms with E-state index < -0.39 is 17.3 Å². The number of esters is 1. The Morgan fingerprint density at radius 3 is 2.33 bits per heavy atom. The van der Waals surface area contributed by atoms with Crippen molar-refractivity contribution in [2.24, 2.45) is 11.1 Å². The third-order valence-corrected chi connectivity index (χ3v) is 3.12. The predicted molar refractivity (Wildman–Crippen MR) is 82.3 cm³/mol. The summed E-state index contributed by atoms with van der Waals surface area (Å²) in [4.78, 5) is 12.5. The molecule has 0 spiro atoms. The molecule has 0 unspecified atom stereocenters. The lowest BCUT2D eigenvalue weighted by atomic mass is 9.76. The van der Waals surface area contributed by atoms with Gasteiger partial charge in [-0.15, -0.1) is 0 Å². The number of halogens is 1. The summed E-state index contributed by atoms with van der Waals surface area (Å²) in [6.45, 7) is 11.2. The molecule has 0 heterocycles. The summed E-state index contributed by atoms with van der Waals surface area (Å²) in [6.07, 6.45) is -0.000155. The van der Waals surface area contributed by atoms with Crippen LogP contribution in [0.3, 0.4) is 0 Å². The molecule has 0 aliphatic rings. The molecular formula is C17H26FNO2. The van der Waals surface area contributed by atoms with Crippen LogP contribution in [0.2, 0.25) is 0 Å². The van der Waals surface area contributed by atoms with E-state index in [1.54, 1.807) is 32.9 Å². The highest BCUT2D eigenvalue weighted by Gasteiger charge is 2.43. The molecule has 21 heavy (non-hydrogen) atoms. The van der Waals surface area contributed by atoms with Crippen LogP contribution in [-0.2, 0) is 15.1 Å². The summed E-state index contributed by atoms with van der Waals surface area (Å²) in [5, 5.41) is 0. The van der Waals surface area contributed by atoms with E-state index in [9.17, 15) is 9.18 Å². The maximum atomic E-state index is 14.3. The van der Waals surface area contributed by atoms with E-state index in [1.165, 1.54) is 6.07 Å². The van der Waals surface area contributed by atoms with Gasteiger partial charge in [0.05, 0.1) is 6.10 Å². The largest absolute Gasteiger partial charge is 0.461 e. The average Bonchev–Trinajstić information content (AvgIpc) is 2.24. The fourth-order valence-electron chi connectivity index (χ4n) is 2.42. The van der Waals surface area contributed by atoms with Gasteiger partial charge in [-0.2, -0.15) is 0 Å². The van der Waals surface area contributed by atoms with Gasteiger partial charge >= 0.3 is 5.97 Å². The molecule has 0 fully saturated rings. The second kappa shape index (κ2) is 6.14. The Hall–Kier alpha value is -1.42. The highest BCUT2D eigenvalue weighted by molar-refractivity contribution is 5.82. The van der Waals surface area contributed by atoms with Crippen molar-refractivity contribution >= 4 is 5.97 Å². The van der Waals surface area contributed by atoms with Gasteiger partial charge in [-0.05, 0) is 44.2 Å². The van der Waals surface area contributed by atoms with Crippen LogP contribution >= 0.6 is 0 Å². The number of carbonyl (C=O) groups is 1. The van der Waals surface area contributed by atoms with Crippen LogP contribution in [0.4, 0.5) is 4.39 Å². The van der Waals surface area contributed by atoms with Gasteiger partial charge in [0.15, 0.2) is 0 Å². The van der Waals surface area contributed by atoms with Crippen LogP contribution in [0.5, 0.6) is 0 Å². The maximum Gasteiger partial charge on any atom is 0.331 e. The first-order valence-corrected chi connectivity index (χ1v) is 7.22. The molecule has 0 radical (unpaired) electrons. The molecule has 0 saturated carbocycles. The summed E-state index contributed by atoms with van der Waals surface area (Å²) < 4.78 is 19.6. The normalized spacial score (nSPS) is 14.9. The fraction of sp³-hybridized carbons (Fsp3) is 0.588. The maximum absolute atomic E-state index is 14.3. The van der Waals surface area contributed by atoms with Crippen LogP contribution < -0.4 is 5.73 Å². The molecule has 1 aromatic carbocycles. The number of hydrogen-bond donors (Lipinski definition) is 1. The summed E-state index contributed by atoms with van der Waals surface area (Å²) in [5.74, 6) is -1.06. The molecule has 1 atom stereocenters. The number of nitrogens with two attached hydrogens (primary N) is 1. The van der Waals surface area contributed by atoms with E-state index in [-0.39, 0.29) is 17.1 Å². The molecular weight excluding hydrogens is 269 g/mol. The minimum absolute atomic E-state index is 0.189. The summed E-state index contributed by atoms with van der Waals surface area (Å²) in [5.41, 5.74) is 5.57. The van der Waals surface area contributed by atoms with Gasteiger partial charge in [0.25, 0.3) is 0 Å². The number of aryl methyl sites for hydroxylation is 1. The van der Waals surface area contributed by atoms with Crippen molar-refractivity contribution in [3.05, 3.63) is 35.1 Å². The first kappa shape index (κ1) is 17.6. The fourth-order valence-corrected chi connectivity index (χ4v) is 2.42. The summed E-state index contributed by atoms with van der Waals surface area (Å²) in [7, 11) is 0. The van der Waals surface area contributed by atoms with Gasteiger partial charge in [0.2, 0.25) is 0 Å². The minimum atomic E-state index is -1.49. The highest BCUT2D eigenvalue weighted by Crippen LogP contribution is 2.35. The number of hydrogen-bond acceptors (Lipinski definition) is 3. The molecule has 2 N–H and O–H groups in total. The molecule has 0 saturated heterocycles. The highest BCUT2D eigenvalue weighted by atomic mass is 19.1. The molecule has 1 aromatic rings. The van der Waals surface area contributed by atoms with Crippen molar-refractivity contribution < 1.29 is 13.9 Å². The molecule has 118 valence electrons. The SMILES string of the molecule is Cc1ccc([C@](N)(CC(C)(C)C)C(=O)OC(C)C)c(F)c1. The third-order valence-electron chi connectivity index (χ3n) is 3.12. The molecule has 0 bridgehead atoms. The zero-order valence-corrected chi connectivity index (χ0v) is 13.8. The molecule has 0 amide bonds. The van der Waals surface area contributed by atoms with E-state index >= 15 is 0 Å². The lowest BCUT2D eigenvalue weighted by Gasteiger charge is -2.34. The Bertz CT molecular complexity index is 520. The monoisotopic (exact) mass is 295 g/mol. The van der Waals surface area contributed by atoms with Gasteiger partial charge in [-0.3, -0.25) is 0 Å². The average molecular weight is 295 g/mol. The molecule has 0 aliphatic heterocycles. The topological polar surface area (TPSA) is 52.3 Å². The number of benzene rings is 1. The van der Waals surface area contributed by atoms with Gasteiger partial charge in [0, 0.05) is 5.56 Å². The van der Waals surface area contributed by atoms with E-state index in [2.05, 4.69) is 0 Å². The standard InChI is InChI=1S/C17H26FNO2/c1-11(2)21-15(20)17(19,10-16(4,5)6)13-8-7-12(3)9-14(13)18/h7-9,11H,10,19H2,1-6H3/t17-/m1/s1. The van der Waals surface area contributed by atoms with Crippen molar-refractivity contribution in [1.82, 2.24) is 0 Å². The van der Waals surface area contributed by atoms with Gasteiger partial charge in [-0.1, -0.05) is 32.9 Å². The quantitative estimate of drug-likeness (QED) is 0.862. The lowest BCUT2D eigenvalue weighted by molar-refractivity contribution is -0.156. The van der Waals surface area contributed by atoms with Crippen LogP contribution in [0.1, 0.15) is 52.2 Å². The minimum Gasteiger partial charge on any atom is -0.461 e. The van der Waals surface area contributed by atoms with Crippen molar-refractivity contribution in [2.75, 3.05) is 0 Å². The van der Waals surface area contributed by atoms with E-state index in [1.807, 2.05) is 20.8 Å². The van der Waals surface area contributed by atoms with Gasteiger partial charge in [-0.25, -0.2) is 9.18 Å². The Balaban J connectivity index is 3.33. The van der Waals surface area contributed by atoms with E-state index in [0.717, 1.165) is 5.56 Å². The van der Waals surface area contributed by atoms with Crippen molar-refractivity contribution in [3.8, 4) is 0 Å². The van der Waals surface area contributed by atoms with Crippen molar-refractivity contribution in [1.29, 1.82) is 0 Å². The Morgan fingerprint density at radius 1 is 1.33 bits per heavy atom. The molecule has 4 heteroatoms. The second-order valence-electron chi connectivity index (χ2n) is 7.15. The van der Waals surface area contributed by atoms with Crippen LogP contribution in [-0.4, -0.2) is 12.1 Å². The first-order chi connectivity index (χ1) is 9.45. The zero-order valence-electron chi connectivity index (χ0n) is 13.8. The molecule has 3 nitrogen and oxygen atoms in total. The van der Waals surface area contributed by atoms with Crippen LogP contribution in [0.25, 0.3) is 0 Å². The Labute approximate surface area is 126 Å². The lowest BCUT2D eigenvalue weighted by Crippen LogP contribution is -2.49. The predicted octanol–water partition coefficient (Wildman–Crippen LogP) is 3.68. The molecule has 1 rings (SSSR count). The Morgan fingerprint density at radius 2 is 1.90 bits per heavy atom. The molecule has 0 aliphatic carbocycles. The smallest absolute Gasteiger partial charge is 0.331 e. The third kappa shape index (κ3) is 4.53. The van der Waals surface area contributed by atoms with E-state index in [0.29, 0.717) is 6.42 Å². The molecule has 0 aromatic heterocycles. The zero-order chi connectivity index (χ0) is 16.4.